The minimum atomic E-state index is -0.516. The molecule has 1 heterocycles. The second-order valence-corrected chi connectivity index (χ2v) is 2.25. The lowest BCUT2D eigenvalue weighted by Gasteiger charge is -1.96. The lowest BCUT2D eigenvalue weighted by molar-refractivity contribution is 0.0509. The molecule has 13 heavy (non-hydrogen) atoms. The van der Waals surface area contributed by atoms with Gasteiger partial charge >= 0.3 is 5.97 Å². The zero-order valence-corrected chi connectivity index (χ0v) is 7.56. The first kappa shape index (κ1) is 9.66. The summed E-state index contributed by atoms with van der Waals surface area (Å²) in [5.41, 5.74) is 0. The van der Waals surface area contributed by atoms with Crippen molar-refractivity contribution in [3.8, 4) is 0 Å². The van der Waals surface area contributed by atoms with Crippen LogP contribution in [-0.2, 0) is 16.2 Å². The van der Waals surface area contributed by atoms with Gasteiger partial charge in [-0.3, -0.25) is 0 Å². The maximum atomic E-state index is 11.1. The third-order valence-electron chi connectivity index (χ3n) is 1.26. The van der Waals surface area contributed by atoms with E-state index in [0.29, 0.717) is 6.61 Å². The van der Waals surface area contributed by atoms with E-state index < -0.39 is 5.97 Å². The Labute approximate surface area is 75.5 Å². The Morgan fingerprint density at radius 3 is 3.08 bits per heavy atom. The van der Waals surface area contributed by atoms with Crippen molar-refractivity contribution in [3.05, 3.63) is 12.2 Å². The molecule has 1 aromatic heterocycles. The number of hydrogen-bond acceptors (Lipinski definition) is 5. The topological polar surface area (TPSA) is 66.2 Å². The van der Waals surface area contributed by atoms with Crippen LogP contribution in [0.5, 0.6) is 0 Å². The molecule has 1 aromatic rings. The summed E-state index contributed by atoms with van der Waals surface area (Å²) in [6.45, 7) is 2.31. The number of carbonyl (C=O) groups is 1. The number of carbonyl (C=O) groups excluding carboxylic acids is 1. The van der Waals surface area contributed by atoms with E-state index in [2.05, 4.69) is 10.1 Å². The summed E-state index contributed by atoms with van der Waals surface area (Å²) in [4.78, 5) is 14.8. The van der Waals surface area contributed by atoms with Crippen LogP contribution >= 0.6 is 0 Å². The van der Waals surface area contributed by atoms with Crippen molar-refractivity contribution in [1.29, 1.82) is 0 Å². The molecule has 0 N–H and O–H groups in total. The maximum Gasteiger partial charge on any atom is 0.378 e. The van der Waals surface area contributed by atoms with Gasteiger partial charge < -0.3 is 9.47 Å². The number of aromatic nitrogens is 3. The van der Waals surface area contributed by atoms with Crippen molar-refractivity contribution in [2.24, 2.45) is 0 Å². The quantitative estimate of drug-likeness (QED) is 0.620. The molecule has 0 aliphatic carbocycles. The number of esters is 1. The molecule has 72 valence electrons. The van der Waals surface area contributed by atoms with E-state index in [0.717, 1.165) is 0 Å². The summed E-state index contributed by atoms with van der Waals surface area (Å²) >= 11 is 0. The highest BCUT2D eigenvalue weighted by Crippen LogP contribution is 1.93. The zero-order chi connectivity index (χ0) is 9.68. The molecule has 0 saturated heterocycles. The molecule has 6 nitrogen and oxygen atoms in total. The Bertz CT molecular complexity index is 284. The minimum Gasteiger partial charge on any atom is -0.460 e. The number of nitrogens with zero attached hydrogens (tertiary/aromatic N) is 3. The molecule has 1 rings (SSSR count). The van der Waals surface area contributed by atoms with Crippen LogP contribution in [-0.4, -0.2) is 34.5 Å². The van der Waals surface area contributed by atoms with Crippen molar-refractivity contribution in [2.75, 3.05) is 13.7 Å². The SMILES string of the molecule is CCOC(=O)c1ncn(COC)n1. The summed E-state index contributed by atoms with van der Waals surface area (Å²) in [6.07, 6.45) is 1.41. The van der Waals surface area contributed by atoms with Crippen LogP contribution in [0.3, 0.4) is 0 Å². The standard InChI is InChI=1S/C7H11N3O3/c1-3-13-7(11)6-8-4-10(9-6)5-12-2/h4H,3,5H2,1-2H3. The predicted molar refractivity (Wildman–Crippen MR) is 43.0 cm³/mol. The third-order valence-corrected chi connectivity index (χ3v) is 1.26. The van der Waals surface area contributed by atoms with Crippen molar-refractivity contribution < 1.29 is 14.3 Å². The van der Waals surface area contributed by atoms with Gasteiger partial charge in [-0.15, -0.1) is 5.10 Å². The summed E-state index contributed by atoms with van der Waals surface area (Å²) in [6, 6.07) is 0. The largest absolute Gasteiger partial charge is 0.460 e. The monoisotopic (exact) mass is 185 g/mol. The average Bonchev–Trinajstić information content (AvgIpc) is 2.54. The lowest BCUT2D eigenvalue weighted by Crippen LogP contribution is -2.08. The van der Waals surface area contributed by atoms with E-state index >= 15 is 0 Å². The Morgan fingerprint density at radius 2 is 2.46 bits per heavy atom. The normalized spacial score (nSPS) is 10.0. The van der Waals surface area contributed by atoms with E-state index in [1.165, 1.54) is 18.1 Å². The molecule has 0 aliphatic rings. The smallest absolute Gasteiger partial charge is 0.378 e. The molecule has 0 saturated carbocycles. The first-order valence-corrected chi connectivity index (χ1v) is 3.83. The first-order valence-electron chi connectivity index (χ1n) is 3.83. The fraction of sp³-hybridized carbons (Fsp3) is 0.571. The Balaban J connectivity index is 2.62. The van der Waals surface area contributed by atoms with E-state index in [-0.39, 0.29) is 12.6 Å². The van der Waals surface area contributed by atoms with Crippen LogP contribution in [0, 0.1) is 0 Å². The molecular weight excluding hydrogens is 174 g/mol. The zero-order valence-electron chi connectivity index (χ0n) is 7.56. The van der Waals surface area contributed by atoms with E-state index in [4.69, 9.17) is 9.47 Å². The fourth-order valence-electron chi connectivity index (χ4n) is 0.778. The molecule has 0 atom stereocenters. The van der Waals surface area contributed by atoms with Gasteiger partial charge in [0.05, 0.1) is 6.61 Å². The van der Waals surface area contributed by atoms with Gasteiger partial charge in [-0.05, 0) is 6.92 Å². The van der Waals surface area contributed by atoms with Crippen LogP contribution in [0.1, 0.15) is 17.5 Å². The Kier molecular flexibility index (Phi) is 3.39. The van der Waals surface area contributed by atoms with Crippen LogP contribution in [0.4, 0.5) is 0 Å². The number of methoxy groups -OCH3 is 1. The van der Waals surface area contributed by atoms with Crippen LogP contribution in [0.15, 0.2) is 6.33 Å². The van der Waals surface area contributed by atoms with Crippen LogP contribution in [0.2, 0.25) is 0 Å². The number of ether oxygens (including phenoxy) is 2. The first-order chi connectivity index (χ1) is 6.27. The maximum absolute atomic E-state index is 11.1. The van der Waals surface area contributed by atoms with Crippen LogP contribution in [0.25, 0.3) is 0 Å². The molecule has 6 heteroatoms. The van der Waals surface area contributed by atoms with Gasteiger partial charge in [-0.2, -0.15) is 0 Å². The predicted octanol–water partition coefficient (Wildman–Crippen LogP) is 0.0587. The molecule has 0 aromatic carbocycles. The van der Waals surface area contributed by atoms with E-state index in [1.807, 2.05) is 0 Å². The molecular formula is C7H11N3O3. The van der Waals surface area contributed by atoms with E-state index in [9.17, 15) is 4.79 Å². The van der Waals surface area contributed by atoms with Crippen LogP contribution < -0.4 is 0 Å². The van der Waals surface area contributed by atoms with Crippen molar-refractivity contribution >= 4 is 5.97 Å². The molecule has 0 amide bonds. The van der Waals surface area contributed by atoms with Gasteiger partial charge in [0, 0.05) is 7.11 Å². The highest BCUT2D eigenvalue weighted by molar-refractivity contribution is 5.84. The molecule has 0 aliphatic heterocycles. The highest BCUT2D eigenvalue weighted by Gasteiger charge is 2.11. The van der Waals surface area contributed by atoms with E-state index in [1.54, 1.807) is 6.92 Å². The Morgan fingerprint density at radius 1 is 1.69 bits per heavy atom. The van der Waals surface area contributed by atoms with Crippen molar-refractivity contribution in [1.82, 2.24) is 14.8 Å². The van der Waals surface area contributed by atoms with Gasteiger partial charge in [0.25, 0.3) is 5.82 Å². The second-order valence-electron chi connectivity index (χ2n) is 2.25. The average molecular weight is 185 g/mol. The van der Waals surface area contributed by atoms with Crippen molar-refractivity contribution in [3.63, 3.8) is 0 Å². The fourth-order valence-corrected chi connectivity index (χ4v) is 0.778. The third kappa shape index (κ3) is 2.51. The van der Waals surface area contributed by atoms with Crippen molar-refractivity contribution in [2.45, 2.75) is 13.7 Å². The number of rotatable bonds is 4. The van der Waals surface area contributed by atoms with Gasteiger partial charge in [0.1, 0.15) is 13.1 Å². The van der Waals surface area contributed by atoms with Gasteiger partial charge in [-0.1, -0.05) is 0 Å². The van der Waals surface area contributed by atoms with Gasteiger partial charge in [0.15, 0.2) is 0 Å². The summed E-state index contributed by atoms with van der Waals surface area (Å²) in [5, 5.41) is 3.82. The molecule has 0 radical (unpaired) electrons. The molecule has 0 spiro atoms. The highest BCUT2D eigenvalue weighted by atomic mass is 16.5. The van der Waals surface area contributed by atoms with Gasteiger partial charge in [-0.25, -0.2) is 14.5 Å². The number of hydrogen-bond donors (Lipinski definition) is 0. The summed E-state index contributed by atoms with van der Waals surface area (Å²) in [7, 11) is 1.53. The van der Waals surface area contributed by atoms with Gasteiger partial charge in [0.2, 0.25) is 0 Å². The Hall–Kier alpha value is -1.43. The summed E-state index contributed by atoms with van der Waals surface area (Å²) in [5.74, 6) is -0.462. The lowest BCUT2D eigenvalue weighted by atomic mass is 10.6. The second kappa shape index (κ2) is 4.56. The molecule has 0 fully saturated rings. The minimum absolute atomic E-state index is 0.0545. The molecule has 0 bridgehead atoms. The summed E-state index contributed by atoms with van der Waals surface area (Å²) < 4.78 is 10.9. The molecule has 0 unspecified atom stereocenters.